The number of nitrogens with zero attached hydrogens (tertiary/aromatic N) is 4. The smallest absolute Gasteiger partial charge is 0.331 e. The number of thiophene rings is 1. The van der Waals surface area contributed by atoms with Gasteiger partial charge in [0.05, 0.1) is 53.4 Å². The largest absolute Gasteiger partial charge is 0.459 e. The molecule has 2 aromatic heterocycles. The van der Waals surface area contributed by atoms with E-state index in [2.05, 4.69) is 15.3 Å². The summed E-state index contributed by atoms with van der Waals surface area (Å²) in [5.41, 5.74) is -1.81. The fraction of sp³-hybridized carbons (Fsp3) is 0.682. The number of Topliss-reactive ketones (excluding diaryl/α,β-unsaturated/α-hetero) is 1. The first-order valence-corrected chi connectivity index (χ1v) is 21.9. The maximum absolute atomic E-state index is 14.5. The summed E-state index contributed by atoms with van der Waals surface area (Å²) in [7, 11) is 3.73. The van der Waals surface area contributed by atoms with Crippen LogP contribution in [-0.4, -0.2) is 131 Å². The minimum Gasteiger partial charge on any atom is -0.459 e. The normalized spacial score (nSPS) is 37.1. The van der Waals surface area contributed by atoms with Crippen molar-refractivity contribution in [3.8, 4) is 10.6 Å². The maximum atomic E-state index is 14.5. The molecule has 3 saturated heterocycles. The summed E-state index contributed by atoms with van der Waals surface area (Å²) in [5, 5.41) is 33.0. The molecule has 0 aliphatic carbocycles. The Balaban J connectivity index is 1.64. The number of aliphatic hydroxyl groups is 2. The van der Waals surface area contributed by atoms with Gasteiger partial charge < -0.3 is 48.5 Å². The van der Waals surface area contributed by atoms with Crippen molar-refractivity contribution in [2.24, 2.45) is 34.0 Å². The third-order valence-corrected chi connectivity index (χ3v) is 13.2. The number of carbonyl (C=O) groups excluding carboxylic acids is 3. The molecule has 338 valence electrons. The molecule has 2 aromatic rings. The maximum Gasteiger partial charge on any atom is 0.331 e. The van der Waals surface area contributed by atoms with E-state index >= 15 is 0 Å². The molecule has 0 saturated carbocycles. The van der Waals surface area contributed by atoms with Gasteiger partial charge in [-0.25, -0.2) is 4.79 Å². The van der Waals surface area contributed by atoms with Gasteiger partial charge in [0.25, 0.3) is 0 Å². The second kappa shape index (κ2) is 20.7. The number of rotatable bonds is 9. The van der Waals surface area contributed by atoms with Crippen LogP contribution < -0.4 is 0 Å². The van der Waals surface area contributed by atoms with E-state index < -0.39 is 83.3 Å². The first-order chi connectivity index (χ1) is 28.8. The summed E-state index contributed by atoms with van der Waals surface area (Å²) in [6.45, 7) is 14.7. The number of ketones is 1. The monoisotopic (exact) mass is 872 g/mol. The van der Waals surface area contributed by atoms with Crippen molar-refractivity contribution in [1.29, 1.82) is 0 Å². The Hall–Kier alpha value is -3.68. The van der Waals surface area contributed by atoms with Crippen LogP contribution in [0.3, 0.4) is 0 Å². The number of aliphatic hydroxyl groups excluding tert-OH is 1. The van der Waals surface area contributed by atoms with E-state index in [1.165, 1.54) is 32.1 Å². The highest BCUT2D eigenvalue weighted by atomic mass is 32.1. The molecule has 17 heteroatoms. The van der Waals surface area contributed by atoms with Gasteiger partial charge in [0, 0.05) is 41.8 Å². The summed E-state index contributed by atoms with van der Waals surface area (Å²) >= 11 is 1.52. The Kier molecular flexibility index (Phi) is 16.4. The van der Waals surface area contributed by atoms with Gasteiger partial charge in [-0.1, -0.05) is 44.1 Å². The van der Waals surface area contributed by atoms with Crippen molar-refractivity contribution in [2.75, 3.05) is 27.3 Å². The SMILES string of the molecule is CC[C@H]1OC(=O)[C@H](C)C(=O)[C@H](C)[C@@H](O[C@@H]2O[C@H](C)C[C@H](N(C)C)[C@H]2O)[C@@]2(C)C[C@@H](C)/C(=N\OC(C)=O)[C@H](C)[C@@H](OC/C(=N/OCc3ccc(-c4ccccn4)s3)CO2)[C@]1(C)O. The van der Waals surface area contributed by atoms with Crippen molar-refractivity contribution in [3.05, 3.63) is 41.4 Å². The number of likely N-dealkylation sites (N-methyl/N-ethyl adjacent to an activating group) is 1. The van der Waals surface area contributed by atoms with E-state index in [1.54, 1.807) is 33.9 Å². The minimum absolute atomic E-state index is 0.111. The van der Waals surface area contributed by atoms with Crippen LogP contribution in [0.4, 0.5) is 0 Å². The highest BCUT2D eigenvalue weighted by Gasteiger charge is 2.53. The van der Waals surface area contributed by atoms with Crippen LogP contribution in [0.25, 0.3) is 10.6 Å². The fourth-order valence-electron chi connectivity index (χ4n) is 8.79. The third kappa shape index (κ3) is 11.5. The zero-order valence-corrected chi connectivity index (χ0v) is 38.0. The molecule has 0 amide bonds. The van der Waals surface area contributed by atoms with Crippen molar-refractivity contribution < 1.29 is 58.0 Å². The number of aromatic nitrogens is 1. The fourth-order valence-corrected chi connectivity index (χ4v) is 9.68. The van der Waals surface area contributed by atoms with Gasteiger partial charge in [0.2, 0.25) is 0 Å². The summed E-state index contributed by atoms with van der Waals surface area (Å²) in [5.74, 6) is -5.65. The second-order valence-corrected chi connectivity index (χ2v) is 18.5. The number of esters is 1. The molecule has 0 aromatic carbocycles. The van der Waals surface area contributed by atoms with Crippen molar-refractivity contribution >= 4 is 40.5 Å². The first kappa shape index (κ1) is 48.4. The van der Waals surface area contributed by atoms with E-state index in [0.717, 1.165) is 15.4 Å². The van der Waals surface area contributed by atoms with E-state index in [9.17, 15) is 24.6 Å². The van der Waals surface area contributed by atoms with Crippen LogP contribution in [0.1, 0.15) is 86.5 Å². The zero-order chi connectivity index (χ0) is 44.8. The van der Waals surface area contributed by atoms with E-state index in [1.807, 2.05) is 63.2 Å². The molecule has 61 heavy (non-hydrogen) atoms. The molecular weight excluding hydrogens is 809 g/mol. The predicted octanol–water partition coefficient (Wildman–Crippen LogP) is 5.18. The summed E-state index contributed by atoms with van der Waals surface area (Å²) in [6, 6.07) is 9.29. The highest BCUT2D eigenvalue weighted by molar-refractivity contribution is 7.15. The molecule has 2 bridgehead atoms. The number of carbonyl (C=O) groups is 3. The van der Waals surface area contributed by atoms with Gasteiger partial charge in [-0.05, 0) is 85.3 Å². The lowest BCUT2D eigenvalue weighted by molar-refractivity contribution is -0.296. The molecule has 13 atom stereocenters. The Morgan fingerprint density at radius 3 is 2.44 bits per heavy atom. The lowest BCUT2D eigenvalue weighted by atomic mass is 9.74. The van der Waals surface area contributed by atoms with E-state index in [-0.39, 0.29) is 44.8 Å². The quantitative estimate of drug-likeness (QED) is 0.145. The van der Waals surface area contributed by atoms with Gasteiger partial charge >= 0.3 is 11.9 Å². The highest BCUT2D eigenvalue weighted by Crippen LogP contribution is 2.40. The molecule has 16 nitrogen and oxygen atoms in total. The van der Waals surface area contributed by atoms with Crippen molar-refractivity contribution in [2.45, 2.75) is 142 Å². The van der Waals surface area contributed by atoms with Gasteiger partial charge in [0.1, 0.15) is 29.4 Å². The number of hydrogen-bond acceptors (Lipinski definition) is 17. The van der Waals surface area contributed by atoms with Crippen LogP contribution in [0.15, 0.2) is 46.8 Å². The molecule has 0 unspecified atom stereocenters. The number of pyridine rings is 1. The average Bonchev–Trinajstić information content (AvgIpc) is 3.68. The van der Waals surface area contributed by atoms with Crippen LogP contribution in [0.2, 0.25) is 0 Å². The molecule has 0 radical (unpaired) electrons. The van der Waals surface area contributed by atoms with Crippen LogP contribution in [-0.2, 0) is 54.3 Å². The molecule has 3 fully saturated rings. The number of hydrogen-bond donors (Lipinski definition) is 2. The van der Waals surface area contributed by atoms with Gasteiger partial charge in [0.15, 0.2) is 18.7 Å². The van der Waals surface area contributed by atoms with Gasteiger partial charge in [-0.3, -0.25) is 14.6 Å². The number of ether oxygens (including phenoxy) is 5. The number of cyclic esters (lactones) is 1. The lowest BCUT2D eigenvalue weighted by Crippen LogP contribution is -2.60. The first-order valence-electron chi connectivity index (χ1n) is 21.1. The predicted molar refractivity (Wildman–Crippen MR) is 227 cm³/mol. The van der Waals surface area contributed by atoms with Crippen LogP contribution in [0, 0.1) is 23.7 Å². The molecule has 0 spiro atoms. The Bertz CT molecular complexity index is 1870. The molecular formula is C44H64N4O12S. The van der Waals surface area contributed by atoms with E-state index in [0.29, 0.717) is 17.8 Å². The van der Waals surface area contributed by atoms with Crippen LogP contribution >= 0.6 is 11.3 Å². The lowest BCUT2D eigenvalue weighted by Gasteiger charge is -2.47. The Labute approximate surface area is 362 Å². The standard InChI is InChI=1S/C44H64N4O12S/c1-12-35-44(9,53)40-26(4)36(47-60-29(7)49)24(2)20-43(8,55-22-30(21-54-40)46-56-23-31-16-17-34(61-31)32-15-13-14-18-45-32)39(27(5)37(50)28(6)41(52)58-35)59-42-38(51)33(48(10)11)19-25(3)57-42/h13-18,24-28,33,35,38-40,42,51,53H,12,19-23H2,1-11H3/b46-30-,47-36+/t24-,25-,26+,27+,28-,33+,35-,38-,39-,40-,42+,43-,44-/m1/s1. The Morgan fingerprint density at radius 1 is 1.05 bits per heavy atom. The van der Waals surface area contributed by atoms with Gasteiger partial charge in [-0.15, -0.1) is 11.3 Å². The van der Waals surface area contributed by atoms with Gasteiger partial charge in [-0.2, -0.15) is 0 Å². The molecule has 3 aliphatic rings. The Morgan fingerprint density at radius 2 is 1.79 bits per heavy atom. The molecule has 5 rings (SSSR count). The minimum atomic E-state index is -1.87. The summed E-state index contributed by atoms with van der Waals surface area (Å²) in [4.78, 5) is 60.1. The average molecular weight is 873 g/mol. The second-order valence-electron chi connectivity index (χ2n) is 17.3. The topological polar surface area (TPSA) is 197 Å². The summed E-state index contributed by atoms with van der Waals surface area (Å²) < 4.78 is 32.5. The van der Waals surface area contributed by atoms with Crippen molar-refractivity contribution in [3.63, 3.8) is 0 Å². The molecule has 3 aliphatic heterocycles. The molecule has 5 heterocycles. The molecule has 2 N–H and O–H groups in total. The van der Waals surface area contributed by atoms with Crippen molar-refractivity contribution in [1.82, 2.24) is 9.88 Å². The summed E-state index contributed by atoms with van der Waals surface area (Å²) in [6.07, 6.45) is -3.51. The number of fused-ring (bicyclic) bond motifs is 5. The van der Waals surface area contributed by atoms with Crippen LogP contribution in [0.5, 0.6) is 0 Å². The zero-order valence-electron chi connectivity index (χ0n) is 37.2. The number of oxime groups is 2. The third-order valence-electron chi connectivity index (χ3n) is 12.1. The van der Waals surface area contributed by atoms with E-state index in [4.69, 9.17) is 33.4 Å².